The van der Waals surface area contributed by atoms with Gasteiger partial charge in [0.15, 0.2) is 0 Å². The molecule has 0 bridgehead atoms. The van der Waals surface area contributed by atoms with Gasteiger partial charge in [0.25, 0.3) is 0 Å². The molecular formula is C19H21N2+. The van der Waals surface area contributed by atoms with Crippen LogP contribution in [0.15, 0.2) is 54.6 Å². The molecule has 0 fully saturated rings. The zero-order chi connectivity index (χ0) is 15.0. The number of anilines is 1. The lowest BCUT2D eigenvalue weighted by atomic mass is 10.0. The second kappa shape index (κ2) is 5.21. The fourth-order valence-corrected chi connectivity index (χ4v) is 2.78. The van der Waals surface area contributed by atoms with E-state index in [1.807, 2.05) is 0 Å². The number of fused-ring (bicyclic) bond motifs is 1. The monoisotopic (exact) mass is 277 g/mol. The number of aryl methyl sites for hydroxylation is 2. The minimum Gasteiger partial charge on any atom is -0.378 e. The zero-order valence-corrected chi connectivity index (χ0v) is 13.1. The Labute approximate surface area is 126 Å². The molecule has 0 aliphatic heterocycles. The van der Waals surface area contributed by atoms with Gasteiger partial charge in [0.2, 0.25) is 11.2 Å². The summed E-state index contributed by atoms with van der Waals surface area (Å²) in [6.45, 7) is 2.17. The first kappa shape index (κ1) is 13.6. The van der Waals surface area contributed by atoms with Crippen LogP contribution >= 0.6 is 0 Å². The second-order valence-electron chi connectivity index (χ2n) is 5.73. The Bertz CT molecular complexity index is 804. The third-order valence-electron chi connectivity index (χ3n) is 4.09. The van der Waals surface area contributed by atoms with Crippen LogP contribution in [-0.4, -0.2) is 14.1 Å². The molecule has 0 N–H and O–H groups in total. The number of hydrogen-bond acceptors (Lipinski definition) is 1. The van der Waals surface area contributed by atoms with Crippen molar-refractivity contribution in [1.82, 2.24) is 0 Å². The van der Waals surface area contributed by atoms with Crippen molar-refractivity contribution in [1.29, 1.82) is 0 Å². The van der Waals surface area contributed by atoms with Crippen molar-refractivity contribution in [3.8, 4) is 11.3 Å². The molecule has 0 atom stereocenters. The van der Waals surface area contributed by atoms with Gasteiger partial charge in [0, 0.05) is 37.3 Å². The maximum absolute atomic E-state index is 2.27. The van der Waals surface area contributed by atoms with Crippen molar-refractivity contribution >= 4 is 16.6 Å². The summed E-state index contributed by atoms with van der Waals surface area (Å²) in [5.41, 5.74) is 6.31. The number of nitrogens with zero attached hydrogens (tertiary/aromatic N) is 2. The van der Waals surface area contributed by atoms with E-state index in [9.17, 15) is 0 Å². The summed E-state index contributed by atoms with van der Waals surface area (Å²) < 4.78 is 2.27. The number of rotatable bonds is 2. The molecule has 1 heterocycles. The van der Waals surface area contributed by atoms with Crippen LogP contribution in [-0.2, 0) is 7.05 Å². The maximum Gasteiger partial charge on any atom is 0.213 e. The highest BCUT2D eigenvalue weighted by atomic mass is 15.1. The summed E-state index contributed by atoms with van der Waals surface area (Å²) in [6, 6.07) is 19.5. The van der Waals surface area contributed by atoms with E-state index in [-0.39, 0.29) is 0 Å². The molecule has 21 heavy (non-hydrogen) atoms. The SMILES string of the molecule is Cc1ccc(N(C)C)cc1-c1ccc2ccccc2[n+]1C. The van der Waals surface area contributed by atoms with E-state index >= 15 is 0 Å². The van der Waals surface area contributed by atoms with E-state index in [1.54, 1.807) is 0 Å². The first-order valence-electron chi connectivity index (χ1n) is 7.24. The van der Waals surface area contributed by atoms with Crippen molar-refractivity contribution in [3.63, 3.8) is 0 Å². The van der Waals surface area contributed by atoms with Crippen LogP contribution in [0, 0.1) is 6.92 Å². The van der Waals surface area contributed by atoms with Crippen molar-refractivity contribution < 1.29 is 4.57 Å². The molecular weight excluding hydrogens is 256 g/mol. The maximum atomic E-state index is 2.27. The molecule has 0 unspecified atom stereocenters. The Morgan fingerprint density at radius 1 is 0.905 bits per heavy atom. The minimum absolute atomic E-state index is 1.23. The summed E-state index contributed by atoms with van der Waals surface area (Å²) in [6.07, 6.45) is 0. The second-order valence-corrected chi connectivity index (χ2v) is 5.73. The predicted molar refractivity (Wildman–Crippen MR) is 89.6 cm³/mol. The van der Waals surface area contributed by atoms with Crippen LogP contribution in [0.4, 0.5) is 5.69 Å². The molecule has 3 rings (SSSR count). The molecule has 0 aliphatic rings. The van der Waals surface area contributed by atoms with Crippen LogP contribution in [0.3, 0.4) is 0 Å². The Hall–Kier alpha value is -2.35. The Morgan fingerprint density at radius 2 is 1.67 bits per heavy atom. The molecule has 0 aliphatic carbocycles. The lowest BCUT2D eigenvalue weighted by Crippen LogP contribution is -2.32. The standard InChI is InChI=1S/C19H21N2/c1-14-9-11-16(20(2)3)13-17(14)19-12-10-15-7-5-6-8-18(15)21(19)4/h5-13H,1-4H3/q+1. The highest BCUT2D eigenvalue weighted by molar-refractivity contribution is 5.78. The quantitative estimate of drug-likeness (QED) is 0.648. The van der Waals surface area contributed by atoms with Gasteiger partial charge in [-0.1, -0.05) is 18.2 Å². The van der Waals surface area contributed by atoms with Crippen LogP contribution in [0.25, 0.3) is 22.2 Å². The first-order chi connectivity index (χ1) is 10.1. The molecule has 0 radical (unpaired) electrons. The van der Waals surface area contributed by atoms with Gasteiger partial charge in [-0.15, -0.1) is 0 Å². The van der Waals surface area contributed by atoms with E-state index in [0.717, 1.165) is 0 Å². The van der Waals surface area contributed by atoms with E-state index in [4.69, 9.17) is 0 Å². The van der Waals surface area contributed by atoms with Crippen molar-refractivity contribution in [2.24, 2.45) is 7.05 Å². The average Bonchev–Trinajstić information content (AvgIpc) is 2.49. The summed E-state index contributed by atoms with van der Waals surface area (Å²) in [5.74, 6) is 0. The summed E-state index contributed by atoms with van der Waals surface area (Å²) in [4.78, 5) is 2.14. The zero-order valence-electron chi connectivity index (χ0n) is 13.1. The van der Waals surface area contributed by atoms with Crippen molar-refractivity contribution in [2.75, 3.05) is 19.0 Å². The Kier molecular flexibility index (Phi) is 3.38. The average molecular weight is 277 g/mol. The Balaban J connectivity index is 2.25. The summed E-state index contributed by atoms with van der Waals surface area (Å²) in [5, 5.41) is 1.27. The normalized spacial score (nSPS) is 10.9. The molecule has 3 aromatic rings. The van der Waals surface area contributed by atoms with E-state index in [1.165, 1.54) is 33.4 Å². The smallest absolute Gasteiger partial charge is 0.213 e. The van der Waals surface area contributed by atoms with Crippen molar-refractivity contribution in [3.05, 3.63) is 60.2 Å². The Morgan fingerprint density at radius 3 is 2.43 bits per heavy atom. The number of pyridine rings is 1. The molecule has 0 amide bonds. The molecule has 2 nitrogen and oxygen atoms in total. The third kappa shape index (κ3) is 2.38. The minimum atomic E-state index is 1.23. The molecule has 2 heteroatoms. The molecule has 2 aromatic carbocycles. The summed E-state index contributed by atoms with van der Waals surface area (Å²) in [7, 11) is 6.29. The summed E-state index contributed by atoms with van der Waals surface area (Å²) >= 11 is 0. The fourth-order valence-electron chi connectivity index (χ4n) is 2.78. The largest absolute Gasteiger partial charge is 0.378 e. The van der Waals surface area contributed by atoms with E-state index < -0.39 is 0 Å². The lowest BCUT2D eigenvalue weighted by Gasteiger charge is -2.15. The van der Waals surface area contributed by atoms with Crippen LogP contribution in [0.5, 0.6) is 0 Å². The van der Waals surface area contributed by atoms with Gasteiger partial charge in [0.05, 0.1) is 5.56 Å². The fraction of sp³-hybridized carbons (Fsp3) is 0.211. The molecule has 0 saturated carbocycles. The van der Waals surface area contributed by atoms with Gasteiger partial charge in [-0.2, -0.15) is 4.57 Å². The topological polar surface area (TPSA) is 7.12 Å². The molecule has 0 saturated heterocycles. The lowest BCUT2D eigenvalue weighted by molar-refractivity contribution is -0.633. The van der Waals surface area contributed by atoms with Gasteiger partial charge in [-0.05, 0) is 36.8 Å². The first-order valence-corrected chi connectivity index (χ1v) is 7.24. The number of hydrogen-bond donors (Lipinski definition) is 0. The van der Waals surface area contributed by atoms with Gasteiger partial charge >= 0.3 is 0 Å². The molecule has 106 valence electrons. The van der Waals surface area contributed by atoms with Gasteiger partial charge in [0.1, 0.15) is 7.05 Å². The van der Waals surface area contributed by atoms with Crippen molar-refractivity contribution in [2.45, 2.75) is 6.92 Å². The number of para-hydroxylation sites is 1. The number of benzene rings is 2. The van der Waals surface area contributed by atoms with E-state index in [2.05, 4.69) is 92.1 Å². The van der Waals surface area contributed by atoms with Crippen LogP contribution in [0.1, 0.15) is 5.56 Å². The van der Waals surface area contributed by atoms with E-state index in [0.29, 0.717) is 0 Å². The van der Waals surface area contributed by atoms with Gasteiger partial charge in [-0.25, -0.2) is 0 Å². The van der Waals surface area contributed by atoms with Gasteiger partial charge < -0.3 is 4.90 Å². The molecule has 1 aromatic heterocycles. The molecule has 0 spiro atoms. The van der Waals surface area contributed by atoms with Crippen LogP contribution < -0.4 is 9.47 Å². The highest BCUT2D eigenvalue weighted by Crippen LogP contribution is 2.26. The predicted octanol–water partition coefficient (Wildman–Crippen LogP) is 3.71. The van der Waals surface area contributed by atoms with Crippen LogP contribution in [0.2, 0.25) is 0 Å². The van der Waals surface area contributed by atoms with Gasteiger partial charge in [-0.3, -0.25) is 0 Å². The highest BCUT2D eigenvalue weighted by Gasteiger charge is 2.16. The number of aromatic nitrogens is 1. The third-order valence-corrected chi connectivity index (χ3v) is 4.09.